The van der Waals surface area contributed by atoms with Gasteiger partial charge in [0.1, 0.15) is 0 Å². The highest BCUT2D eigenvalue weighted by molar-refractivity contribution is 5.76. The number of rotatable bonds is 4. The molecule has 2 saturated heterocycles. The minimum atomic E-state index is 0.320. The zero-order chi connectivity index (χ0) is 15.6. The molecule has 0 aromatic heterocycles. The van der Waals surface area contributed by atoms with Crippen molar-refractivity contribution >= 4 is 11.6 Å². The largest absolute Gasteiger partial charge is 0.378 e. The predicted octanol–water partition coefficient (Wildman–Crippen LogP) is 1.90. The Kier molecular flexibility index (Phi) is 4.39. The van der Waals surface area contributed by atoms with Crippen molar-refractivity contribution in [3.05, 3.63) is 29.8 Å². The molecule has 2 aliphatic rings. The molecule has 0 radical (unpaired) electrons. The van der Waals surface area contributed by atoms with E-state index >= 15 is 0 Å². The average molecular weight is 301 g/mol. The minimum Gasteiger partial charge on any atom is -0.378 e. The molecular weight excluding hydrogens is 274 g/mol. The molecule has 2 aliphatic heterocycles. The van der Waals surface area contributed by atoms with E-state index in [1.165, 1.54) is 24.1 Å². The zero-order valence-corrected chi connectivity index (χ0v) is 13.8. The van der Waals surface area contributed by atoms with Crippen LogP contribution in [0.15, 0.2) is 24.3 Å². The standard InChI is InChI=1S/C18H27N3O/c1-20(2)16-6-3-15(4-7-16)5-8-17(22)21-12-10-18(14-21)9-11-19-13-18/h3-4,6-7,19H,5,8-14H2,1-2H3. The smallest absolute Gasteiger partial charge is 0.222 e. The second-order valence-electron chi connectivity index (χ2n) is 7.05. The van der Waals surface area contributed by atoms with Crippen LogP contribution in [0.4, 0.5) is 5.69 Å². The number of nitrogens with zero attached hydrogens (tertiary/aromatic N) is 2. The molecule has 2 fully saturated rings. The SMILES string of the molecule is CN(C)c1ccc(CCC(=O)N2CCC3(CCNC3)C2)cc1. The summed E-state index contributed by atoms with van der Waals surface area (Å²) in [7, 11) is 4.08. The lowest BCUT2D eigenvalue weighted by Crippen LogP contribution is -2.33. The van der Waals surface area contributed by atoms with Crippen molar-refractivity contribution in [1.29, 1.82) is 0 Å². The molecule has 0 aliphatic carbocycles. The number of carbonyl (C=O) groups excluding carboxylic acids is 1. The van der Waals surface area contributed by atoms with Gasteiger partial charge in [0.25, 0.3) is 0 Å². The Hall–Kier alpha value is -1.55. The highest BCUT2D eigenvalue weighted by Crippen LogP contribution is 2.36. The average Bonchev–Trinajstić information content (AvgIpc) is 3.16. The maximum atomic E-state index is 12.4. The van der Waals surface area contributed by atoms with E-state index in [2.05, 4.69) is 39.4 Å². The first-order valence-corrected chi connectivity index (χ1v) is 8.33. The van der Waals surface area contributed by atoms with Crippen LogP contribution >= 0.6 is 0 Å². The first-order valence-electron chi connectivity index (χ1n) is 8.33. The quantitative estimate of drug-likeness (QED) is 0.922. The Morgan fingerprint density at radius 1 is 1.27 bits per heavy atom. The van der Waals surface area contributed by atoms with E-state index in [9.17, 15) is 4.79 Å². The van der Waals surface area contributed by atoms with Crippen molar-refractivity contribution < 1.29 is 4.79 Å². The van der Waals surface area contributed by atoms with Crippen LogP contribution in [-0.4, -0.2) is 51.1 Å². The molecule has 1 unspecified atom stereocenters. The van der Waals surface area contributed by atoms with Gasteiger partial charge in [0.05, 0.1) is 0 Å². The van der Waals surface area contributed by atoms with E-state index < -0.39 is 0 Å². The van der Waals surface area contributed by atoms with E-state index in [0.717, 1.165) is 32.6 Å². The van der Waals surface area contributed by atoms with Gasteiger partial charge >= 0.3 is 0 Å². The molecule has 1 aromatic carbocycles. The Bertz CT molecular complexity index is 518. The summed E-state index contributed by atoms with van der Waals surface area (Å²) in [6.07, 6.45) is 3.87. The van der Waals surface area contributed by atoms with Gasteiger partial charge in [0, 0.05) is 51.3 Å². The van der Waals surface area contributed by atoms with Crippen LogP contribution in [0.1, 0.15) is 24.8 Å². The van der Waals surface area contributed by atoms with Gasteiger partial charge in [-0.1, -0.05) is 12.1 Å². The zero-order valence-electron chi connectivity index (χ0n) is 13.8. The van der Waals surface area contributed by atoms with E-state index in [1.54, 1.807) is 0 Å². The van der Waals surface area contributed by atoms with Crippen molar-refractivity contribution in [3.63, 3.8) is 0 Å². The summed E-state index contributed by atoms with van der Waals surface area (Å²) in [6.45, 7) is 4.10. The second kappa shape index (κ2) is 6.29. The van der Waals surface area contributed by atoms with E-state index in [4.69, 9.17) is 0 Å². The molecule has 120 valence electrons. The maximum Gasteiger partial charge on any atom is 0.222 e. The number of carbonyl (C=O) groups is 1. The Morgan fingerprint density at radius 2 is 2.05 bits per heavy atom. The van der Waals surface area contributed by atoms with Gasteiger partial charge in [-0.25, -0.2) is 0 Å². The fourth-order valence-electron chi connectivity index (χ4n) is 3.66. The lowest BCUT2D eigenvalue weighted by atomic mass is 9.86. The molecule has 3 rings (SSSR count). The van der Waals surface area contributed by atoms with Crippen molar-refractivity contribution in [2.24, 2.45) is 5.41 Å². The number of hydrogen-bond donors (Lipinski definition) is 1. The normalized spacial score (nSPS) is 24.2. The molecule has 0 saturated carbocycles. The first kappa shape index (κ1) is 15.3. The number of nitrogens with one attached hydrogen (secondary N) is 1. The molecule has 1 amide bonds. The molecule has 1 atom stereocenters. The molecule has 4 nitrogen and oxygen atoms in total. The lowest BCUT2D eigenvalue weighted by molar-refractivity contribution is -0.130. The minimum absolute atomic E-state index is 0.320. The van der Waals surface area contributed by atoms with Gasteiger partial charge in [-0.2, -0.15) is 0 Å². The summed E-state index contributed by atoms with van der Waals surface area (Å²) in [6, 6.07) is 8.51. The molecule has 2 heterocycles. The lowest BCUT2D eigenvalue weighted by Gasteiger charge is -2.22. The van der Waals surface area contributed by atoms with Gasteiger partial charge in [-0.3, -0.25) is 4.79 Å². The van der Waals surface area contributed by atoms with Crippen LogP contribution in [0.5, 0.6) is 0 Å². The van der Waals surface area contributed by atoms with Crippen molar-refractivity contribution in [2.75, 3.05) is 45.2 Å². The predicted molar refractivity (Wildman–Crippen MR) is 90.2 cm³/mol. The van der Waals surface area contributed by atoms with Crippen LogP contribution < -0.4 is 10.2 Å². The maximum absolute atomic E-state index is 12.4. The third kappa shape index (κ3) is 3.27. The van der Waals surface area contributed by atoms with Gasteiger partial charge in [-0.15, -0.1) is 0 Å². The summed E-state index contributed by atoms with van der Waals surface area (Å²) in [4.78, 5) is 16.6. The number of anilines is 1. The summed E-state index contributed by atoms with van der Waals surface area (Å²) in [5, 5.41) is 3.44. The number of amides is 1. The van der Waals surface area contributed by atoms with Gasteiger partial charge in [-0.05, 0) is 43.5 Å². The Morgan fingerprint density at radius 3 is 2.68 bits per heavy atom. The number of aryl methyl sites for hydroxylation is 1. The number of benzene rings is 1. The van der Waals surface area contributed by atoms with Crippen LogP contribution in [-0.2, 0) is 11.2 Å². The molecular formula is C18H27N3O. The van der Waals surface area contributed by atoms with Crippen molar-refractivity contribution in [3.8, 4) is 0 Å². The third-order valence-corrected chi connectivity index (χ3v) is 5.20. The van der Waals surface area contributed by atoms with E-state index in [1.807, 2.05) is 14.1 Å². The van der Waals surface area contributed by atoms with Crippen LogP contribution in [0.3, 0.4) is 0 Å². The molecule has 1 N–H and O–H groups in total. The molecule has 1 aromatic rings. The van der Waals surface area contributed by atoms with Gasteiger partial charge in [0.2, 0.25) is 5.91 Å². The van der Waals surface area contributed by atoms with Crippen molar-refractivity contribution in [2.45, 2.75) is 25.7 Å². The second-order valence-corrected chi connectivity index (χ2v) is 7.05. The van der Waals surface area contributed by atoms with Crippen LogP contribution in [0.2, 0.25) is 0 Å². The van der Waals surface area contributed by atoms with Crippen LogP contribution in [0.25, 0.3) is 0 Å². The Balaban J connectivity index is 1.50. The third-order valence-electron chi connectivity index (χ3n) is 5.20. The fraction of sp³-hybridized carbons (Fsp3) is 0.611. The molecule has 22 heavy (non-hydrogen) atoms. The summed E-state index contributed by atoms with van der Waals surface area (Å²) < 4.78 is 0. The molecule has 4 heteroatoms. The van der Waals surface area contributed by atoms with Gasteiger partial charge < -0.3 is 15.1 Å². The number of hydrogen-bond acceptors (Lipinski definition) is 3. The molecule has 1 spiro atoms. The highest BCUT2D eigenvalue weighted by Gasteiger charge is 2.41. The fourth-order valence-corrected chi connectivity index (χ4v) is 3.66. The molecule has 0 bridgehead atoms. The topological polar surface area (TPSA) is 35.6 Å². The summed E-state index contributed by atoms with van der Waals surface area (Å²) >= 11 is 0. The van der Waals surface area contributed by atoms with Gasteiger partial charge in [0.15, 0.2) is 0 Å². The Labute approximate surface area is 133 Å². The van der Waals surface area contributed by atoms with E-state index in [-0.39, 0.29) is 0 Å². The first-order chi connectivity index (χ1) is 10.6. The van der Waals surface area contributed by atoms with Crippen molar-refractivity contribution in [1.82, 2.24) is 10.2 Å². The summed E-state index contributed by atoms with van der Waals surface area (Å²) in [5.41, 5.74) is 2.82. The number of likely N-dealkylation sites (tertiary alicyclic amines) is 1. The highest BCUT2D eigenvalue weighted by atomic mass is 16.2. The van der Waals surface area contributed by atoms with E-state index in [0.29, 0.717) is 17.7 Å². The van der Waals surface area contributed by atoms with Crippen LogP contribution in [0, 0.1) is 5.41 Å². The monoisotopic (exact) mass is 301 g/mol. The summed E-state index contributed by atoms with van der Waals surface area (Å²) in [5.74, 6) is 0.320.